The third kappa shape index (κ3) is 10.3. The van der Waals surface area contributed by atoms with Gasteiger partial charge in [-0.25, -0.2) is 14.4 Å². The maximum atomic E-state index is 13.2. The van der Waals surface area contributed by atoms with Crippen molar-refractivity contribution in [2.24, 2.45) is 5.41 Å². The van der Waals surface area contributed by atoms with Gasteiger partial charge in [-0.2, -0.15) is 26.3 Å². The van der Waals surface area contributed by atoms with Crippen LogP contribution in [0.2, 0.25) is 0 Å². The summed E-state index contributed by atoms with van der Waals surface area (Å²) in [6.07, 6.45) is -15.4. The number of carboxylic acids is 1. The van der Waals surface area contributed by atoms with Crippen molar-refractivity contribution in [3.63, 3.8) is 0 Å². The number of carboxylic acid groups (broad SMARTS) is 1. The smallest absolute Gasteiger partial charge is 0.416 e. The number of halogens is 6. The fraction of sp³-hybridized carbons (Fsp3) is 0.250. The first-order valence-electron chi connectivity index (χ1n) is 14.1. The van der Waals surface area contributed by atoms with E-state index in [0.29, 0.717) is 30.0 Å². The molecule has 0 aliphatic rings. The summed E-state index contributed by atoms with van der Waals surface area (Å²) in [6.45, 7) is 4.99. The van der Waals surface area contributed by atoms with Gasteiger partial charge in [-0.3, -0.25) is 25.2 Å². The summed E-state index contributed by atoms with van der Waals surface area (Å²) in [5, 5.41) is 12.4. The monoisotopic (exact) mass is 711 g/mol. The molecule has 50 heavy (non-hydrogen) atoms. The van der Waals surface area contributed by atoms with Gasteiger partial charge in [0, 0.05) is 16.7 Å². The van der Waals surface area contributed by atoms with Crippen molar-refractivity contribution in [1.29, 1.82) is 0 Å². The second-order valence-electron chi connectivity index (χ2n) is 11.4. The molecule has 12 nitrogen and oxygen atoms in total. The molecular formula is C32H27F6N3O9. The lowest BCUT2D eigenvalue weighted by atomic mass is 9.95. The number of aliphatic carboxylic acids is 1. The zero-order valence-corrected chi connectivity index (χ0v) is 26.1. The number of amides is 3. The van der Waals surface area contributed by atoms with Crippen molar-refractivity contribution in [3.05, 3.63) is 101 Å². The largest absolute Gasteiger partial charge is 0.478 e. The van der Waals surface area contributed by atoms with Gasteiger partial charge in [-0.1, -0.05) is 32.9 Å². The molecule has 0 aliphatic carbocycles. The molecule has 266 valence electrons. The Morgan fingerprint density at radius 2 is 1.10 bits per heavy atom. The highest BCUT2D eigenvalue weighted by molar-refractivity contribution is 6.00. The molecule has 0 aliphatic heterocycles. The summed E-state index contributed by atoms with van der Waals surface area (Å²) in [4.78, 5) is 75.8. The molecule has 0 bridgehead atoms. The van der Waals surface area contributed by atoms with Gasteiger partial charge in [-0.15, -0.1) is 0 Å². The van der Waals surface area contributed by atoms with Crippen molar-refractivity contribution in [2.75, 3.05) is 5.32 Å². The molecule has 3 aromatic rings. The molecule has 3 aromatic carbocycles. The third-order valence-electron chi connectivity index (χ3n) is 6.48. The van der Waals surface area contributed by atoms with Gasteiger partial charge in [0.15, 0.2) is 0 Å². The van der Waals surface area contributed by atoms with E-state index in [1.165, 1.54) is 24.3 Å². The highest BCUT2D eigenvalue weighted by Gasteiger charge is 2.42. The number of alkyl halides is 6. The number of ether oxygens (including phenoxy) is 2. The number of hydrogen-bond acceptors (Lipinski definition) is 8. The standard InChI is InChI=1S/C32H27F6N3O9/c1-30(2,3)29(48)39-21-12-10-16(11-13-21)24(42)40-41-25(43)22(49-27(46)17-6-4-8-19(14-17)31(33,34)35)23(26(44)45)50-28(47)18-7-5-9-20(15-18)32(36,37)38/h4-15,22-23H,1-3H3,(H,39,48)(H,40,42)(H,41,43)(H,44,45)/t22-,23-/m0/s1. The summed E-state index contributed by atoms with van der Waals surface area (Å²) >= 11 is 0. The van der Waals surface area contributed by atoms with Crippen LogP contribution in [0, 0.1) is 5.41 Å². The molecule has 2 atom stereocenters. The molecule has 0 fully saturated rings. The maximum absolute atomic E-state index is 13.2. The van der Waals surface area contributed by atoms with Gasteiger partial charge < -0.3 is 19.9 Å². The molecule has 0 saturated carbocycles. The predicted molar refractivity (Wildman–Crippen MR) is 159 cm³/mol. The summed E-state index contributed by atoms with van der Waals surface area (Å²) < 4.78 is 88.8. The molecule has 0 saturated heterocycles. The van der Waals surface area contributed by atoms with Crippen LogP contribution in [-0.4, -0.2) is 52.9 Å². The number of esters is 2. The number of anilines is 1. The molecule has 0 unspecified atom stereocenters. The first-order valence-corrected chi connectivity index (χ1v) is 14.1. The summed E-state index contributed by atoms with van der Waals surface area (Å²) in [6, 6.07) is 10.2. The van der Waals surface area contributed by atoms with Crippen molar-refractivity contribution in [1.82, 2.24) is 10.9 Å². The molecule has 0 aromatic heterocycles. The van der Waals surface area contributed by atoms with E-state index in [2.05, 4.69) is 5.32 Å². The second-order valence-corrected chi connectivity index (χ2v) is 11.4. The first kappa shape index (κ1) is 38.5. The lowest BCUT2D eigenvalue weighted by Gasteiger charge is -2.24. The van der Waals surface area contributed by atoms with Crippen LogP contribution >= 0.6 is 0 Å². The Kier molecular flexibility index (Phi) is 11.6. The quantitative estimate of drug-likeness (QED) is 0.135. The van der Waals surface area contributed by atoms with E-state index in [9.17, 15) is 60.2 Å². The highest BCUT2D eigenvalue weighted by atomic mass is 19.4. The van der Waals surface area contributed by atoms with Gasteiger partial charge in [0.05, 0.1) is 22.3 Å². The zero-order chi connectivity index (χ0) is 37.6. The number of carbonyl (C=O) groups is 6. The van der Waals surface area contributed by atoms with E-state index in [0.717, 1.165) is 24.3 Å². The Morgan fingerprint density at radius 1 is 0.640 bits per heavy atom. The van der Waals surface area contributed by atoms with Crippen molar-refractivity contribution in [2.45, 2.75) is 45.3 Å². The molecule has 18 heteroatoms. The van der Waals surface area contributed by atoms with Crippen molar-refractivity contribution >= 4 is 41.3 Å². The van der Waals surface area contributed by atoms with Crippen LogP contribution in [0.1, 0.15) is 63.0 Å². The lowest BCUT2D eigenvalue weighted by Crippen LogP contribution is -2.54. The van der Waals surface area contributed by atoms with Crippen LogP contribution in [0.4, 0.5) is 32.0 Å². The van der Waals surface area contributed by atoms with Crippen LogP contribution in [-0.2, 0) is 36.2 Å². The highest BCUT2D eigenvalue weighted by Crippen LogP contribution is 2.31. The summed E-state index contributed by atoms with van der Waals surface area (Å²) in [5.74, 6) is -8.67. The fourth-order valence-electron chi connectivity index (χ4n) is 3.79. The molecule has 4 N–H and O–H groups in total. The summed E-state index contributed by atoms with van der Waals surface area (Å²) in [5.41, 5.74) is -1.23. The number of nitrogens with one attached hydrogen (secondary N) is 3. The average Bonchev–Trinajstić information content (AvgIpc) is 3.03. The lowest BCUT2D eigenvalue weighted by molar-refractivity contribution is -0.159. The number of hydrazine groups is 1. The molecule has 3 amide bonds. The van der Waals surface area contributed by atoms with Crippen molar-refractivity contribution in [3.8, 4) is 0 Å². The summed E-state index contributed by atoms with van der Waals surface area (Å²) in [7, 11) is 0. The Labute approximate surface area is 278 Å². The Hall–Kier alpha value is -5.94. The minimum absolute atomic E-state index is 0.123. The van der Waals surface area contributed by atoms with E-state index >= 15 is 0 Å². The Balaban J connectivity index is 1.88. The molecule has 0 spiro atoms. The predicted octanol–water partition coefficient (Wildman–Crippen LogP) is 5.01. The maximum Gasteiger partial charge on any atom is 0.416 e. The Morgan fingerprint density at radius 3 is 1.52 bits per heavy atom. The van der Waals surface area contributed by atoms with Gasteiger partial charge in [0.1, 0.15) is 0 Å². The van der Waals surface area contributed by atoms with E-state index in [1.807, 2.05) is 5.43 Å². The van der Waals surface area contributed by atoms with Gasteiger partial charge in [0.25, 0.3) is 11.8 Å². The van der Waals surface area contributed by atoms with Crippen LogP contribution < -0.4 is 16.2 Å². The molecule has 3 rings (SSSR count). The molecule has 0 radical (unpaired) electrons. The third-order valence-corrected chi connectivity index (χ3v) is 6.48. The van der Waals surface area contributed by atoms with Gasteiger partial charge >= 0.3 is 30.3 Å². The second kappa shape index (κ2) is 15.1. The molecular weight excluding hydrogens is 684 g/mol. The fourth-order valence-corrected chi connectivity index (χ4v) is 3.79. The number of rotatable bonds is 9. The number of hydrogen-bond donors (Lipinski definition) is 4. The van der Waals surface area contributed by atoms with Crippen molar-refractivity contribution < 1.29 is 69.7 Å². The average molecular weight is 712 g/mol. The minimum Gasteiger partial charge on any atom is -0.478 e. The topological polar surface area (TPSA) is 177 Å². The van der Waals surface area contributed by atoms with E-state index in [-0.39, 0.29) is 11.5 Å². The van der Waals surface area contributed by atoms with E-state index in [1.54, 1.807) is 26.2 Å². The van der Waals surface area contributed by atoms with Crippen LogP contribution in [0.15, 0.2) is 72.8 Å². The Bertz CT molecular complexity index is 1790. The van der Waals surface area contributed by atoms with Crippen LogP contribution in [0.3, 0.4) is 0 Å². The SMILES string of the molecule is CC(C)(C)C(=O)Nc1ccc(C(=O)NNC(=O)[C@@H](OC(=O)c2cccc(C(F)(F)F)c2)[C@H](OC(=O)c2cccc(C(F)(F)F)c2)C(=O)O)cc1. The normalized spacial score (nSPS) is 12.9. The first-order chi connectivity index (χ1) is 23.1. The van der Waals surface area contributed by atoms with Gasteiger partial charge in [0.2, 0.25) is 18.1 Å². The van der Waals surface area contributed by atoms with E-state index in [4.69, 9.17) is 9.47 Å². The number of carbonyl (C=O) groups excluding carboxylic acids is 5. The van der Waals surface area contributed by atoms with Crippen LogP contribution in [0.25, 0.3) is 0 Å². The number of benzene rings is 3. The van der Waals surface area contributed by atoms with E-state index < -0.39 is 82.0 Å². The van der Waals surface area contributed by atoms with Crippen LogP contribution in [0.5, 0.6) is 0 Å². The molecule has 0 heterocycles. The zero-order valence-electron chi connectivity index (χ0n) is 26.1. The van der Waals surface area contributed by atoms with Gasteiger partial charge in [-0.05, 0) is 60.7 Å². The minimum atomic E-state index is -4.93.